The fraction of sp³-hybridized carbons (Fsp3) is 0.316. The quantitative estimate of drug-likeness (QED) is 0.780. The van der Waals surface area contributed by atoms with E-state index < -0.39 is 21.8 Å². The molecule has 0 unspecified atom stereocenters. The van der Waals surface area contributed by atoms with Gasteiger partial charge in [0.25, 0.3) is 10.1 Å². The molecule has 0 aliphatic heterocycles. The van der Waals surface area contributed by atoms with Crippen LogP contribution in [0.3, 0.4) is 0 Å². The number of hydrogen-bond donors (Lipinski definition) is 2. The zero-order valence-corrected chi connectivity index (χ0v) is 16.1. The summed E-state index contributed by atoms with van der Waals surface area (Å²) < 4.78 is 37.8. The Balaban J connectivity index is 2.25. The molecule has 0 spiro atoms. The van der Waals surface area contributed by atoms with Gasteiger partial charge in [-0.05, 0) is 63.4 Å². The monoisotopic (exact) mass is 377 g/mol. The van der Waals surface area contributed by atoms with Crippen molar-refractivity contribution in [3.05, 3.63) is 59.2 Å². The van der Waals surface area contributed by atoms with E-state index in [2.05, 4.69) is 5.32 Å². The minimum absolute atomic E-state index is 0.117. The van der Waals surface area contributed by atoms with Crippen molar-refractivity contribution in [3.8, 4) is 0 Å². The molecule has 7 heteroatoms. The maximum absolute atomic E-state index is 11.9. The van der Waals surface area contributed by atoms with Crippen molar-refractivity contribution in [2.45, 2.75) is 44.6 Å². The van der Waals surface area contributed by atoms with E-state index in [1.165, 1.54) is 6.07 Å². The summed E-state index contributed by atoms with van der Waals surface area (Å²) in [7, 11) is -4.31. The predicted octanol–water partition coefficient (Wildman–Crippen LogP) is 4.18. The average molecular weight is 377 g/mol. The Hall–Kier alpha value is -2.38. The number of rotatable bonds is 4. The zero-order valence-electron chi connectivity index (χ0n) is 15.2. The molecule has 0 saturated heterocycles. The Kier molecular flexibility index (Phi) is 5.73. The van der Waals surface area contributed by atoms with Crippen LogP contribution in [0.4, 0.5) is 10.5 Å². The van der Waals surface area contributed by atoms with Crippen LogP contribution < -0.4 is 5.32 Å². The van der Waals surface area contributed by atoms with Crippen LogP contribution in [0.2, 0.25) is 0 Å². The molecule has 26 heavy (non-hydrogen) atoms. The van der Waals surface area contributed by atoms with E-state index in [1.807, 2.05) is 13.0 Å². The summed E-state index contributed by atoms with van der Waals surface area (Å²) in [6.07, 6.45) is -0.274. The molecule has 0 saturated carbocycles. The summed E-state index contributed by atoms with van der Waals surface area (Å²) in [5.41, 5.74) is 2.09. The number of carbonyl (C=O) groups excluding carboxylic acids is 1. The number of anilines is 1. The zero-order chi connectivity index (χ0) is 19.5. The first-order valence-electron chi connectivity index (χ1n) is 8.10. The van der Waals surface area contributed by atoms with Crippen molar-refractivity contribution in [3.63, 3.8) is 0 Å². The van der Waals surface area contributed by atoms with E-state index in [0.717, 1.165) is 11.1 Å². The second-order valence-electron chi connectivity index (χ2n) is 7.09. The Morgan fingerprint density at radius 3 is 2.46 bits per heavy atom. The third kappa shape index (κ3) is 5.86. The summed E-state index contributed by atoms with van der Waals surface area (Å²) in [4.78, 5) is 11.8. The molecular formula is C19H23NO5S. The van der Waals surface area contributed by atoms with Crippen LogP contribution in [0.25, 0.3) is 0 Å². The molecule has 2 aromatic carbocycles. The van der Waals surface area contributed by atoms with Crippen LogP contribution >= 0.6 is 0 Å². The van der Waals surface area contributed by atoms with Gasteiger partial charge in [-0.3, -0.25) is 9.87 Å². The second-order valence-corrected chi connectivity index (χ2v) is 8.48. The number of nitrogens with one attached hydrogen (secondary N) is 1. The van der Waals surface area contributed by atoms with Crippen LogP contribution in [0.5, 0.6) is 0 Å². The van der Waals surface area contributed by atoms with Crippen LogP contribution in [0.1, 0.15) is 37.5 Å². The number of hydrogen-bond acceptors (Lipinski definition) is 4. The summed E-state index contributed by atoms with van der Waals surface area (Å²) in [5.74, 6) is 0. The van der Waals surface area contributed by atoms with Gasteiger partial charge < -0.3 is 4.74 Å². The third-order valence-electron chi connectivity index (χ3n) is 3.46. The maximum atomic E-state index is 11.9. The van der Waals surface area contributed by atoms with Gasteiger partial charge in [0.05, 0.1) is 4.90 Å². The first-order chi connectivity index (χ1) is 11.9. The molecule has 0 heterocycles. The van der Waals surface area contributed by atoms with Crippen molar-refractivity contribution in [1.29, 1.82) is 0 Å². The number of aryl methyl sites for hydroxylation is 1. The van der Waals surface area contributed by atoms with Crippen LogP contribution in [0, 0.1) is 6.92 Å². The predicted molar refractivity (Wildman–Crippen MR) is 100 cm³/mol. The van der Waals surface area contributed by atoms with Gasteiger partial charge in [0, 0.05) is 5.69 Å². The molecule has 0 radical (unpaired) electrons. The minimum atomic E-state index is -4.31. The Morgan fingerprint density at radius 2 is 1.85 bits per heavy atom. The topological polar surface area (TPSA) is 92.7 Å². The molecule has 6 nitrogen and oxygen atoms in total. The number of amides is 1. The number of ether oxygens (including phenoxy) is 1. The van der Waals surface area contributed by atoms with Crippen molar-refractivity contribution in [1.82, 2.24) is 0 Å². The lowest BCUT2D eigenvalue weighted by atomic mass is 10.0. The summed E-state index contributed by atoms with van der Waals surface area (Å²) >= 11 is 0. The molecule has 140 valence electrons. The molecule has 2 aromatic rings. The van der Waals surface area contributed by atoms with Gasteiger partial charge in [0.15, 0.2) is 0 Å². The fourth-order valence-electron chi connectivity index (χ4n) is 2.50. The molecule has 0 atom stereocenters. The van der Waals surface area contributed by atoms with Crippen molar-refractivity contribution < 1.29 is 22.5 Å². The van der Waals surface area contributed by atoms with E-state index >= 15 is 0 Å². The van der Waals surface area contributed by atoms with Gasteiger partial charge in [0.1, 0.15) is 5.60 Å². The van der Waals surface area contributed by atoms with Gasteiger partial charge in [-0.1, -0.05) is 29.8 Å². The highest BCUT2D eigenvalue weighted by Gasteiger charge is 2.17. The Labute approximate surface area is 153 Å². The minimum Gasteiger partial charge on any atom is -0.444 e. The molecule has 0 aliphatic rings. The van der Waals surface area contributed by atoms with Crippen molar-refractivity contribution in [2.75, 3.05) is 5.32 Å². The first-order valence-corrected chi connectivity index (χ1v) is 9.54. The standard InChI is InChI=1S/C19H23NO5S/c1-13-8-9-17(26(22,23)24)15(10-13)11-14-6-5-7-16(12-14)20-18(21)25-19(2,3)4/h5-10,12H,11H2,1-4H3,(H,20,21)(H,22,23,24). The van der Waals surface area contributed by atoms with E-state index in [4.69, 9.17) is 4.74 Å². The van der Waals surface area contributed by atoms with Gasteiger partial charge in [0.2, 0.25) is 0 Å². The molecule has 1 amide bonds. The highest BCUT2D eigenvalue weighted by atomic mass is 32.2. The SMILES string of the molecule is Cc1ccc(S(=O)(=O)O)c(Cc2cccc(NC(=O)OC(C)(C)C)c2)c1. The summed E-state index contributed by atoms with van der Waals surface area (Å²) in [6.45, 7) is 7.17. The summed E-state index contributed by atoms with van der Waals surface area (Å²) in [5, 5.41) is 2.65. The average Bonchev–Trinajstić information content (AvgIpc) is 2.44. The second kappa shape index (κ2) is 7.47. The van der Waals surface area contributed by atoms with Crippen LogP contribution in [-0.2, 0) is 21.3 Å². The number of carbonyl (C=O) groups is 1. The van der Waals surface area contributed by atoms with Crippen LogP contribution in [0.15, 0.2) is 47.4 Å². The summed E-state index contributed by atoms with van der Waals surface area (Å²) in [6, 6.07) is 11.8. The largest absolute Gasteiger partial charge is 0.444 e. The molecule has 0 aromatic heterocycles. The fourth-order valence-corrected chi connectivity index (χ4v) is 3.20. The highest BCUT2D eigenvalue weighted by molar-refractivity contribution is 7.85. The van der Waals surface area contributed by atoms with Crippen LogP contribution in [-0.4, -0.2) is 24.7 Å². The Bertz CT molecular complexity index is 914. The molecule has 0 fully saturated rings. The van der Waals surface area contributed by atoms with Gasteiger partial charge >= 0.3 is 6.09 Å². The third-order valence-corrected chi connectivity index (χ3v) is 4.41. The van der Waals surface area contributed by atoms with Crippen molar-refractivity contribution in [2.24, 2.45) is 0 Å². The highest BCUT2D eigenvalue weighted by Crippen LogP contribution is 2.22. The van der Waals surface area contributed by atoms with E-state index in [1.54, 1.807) is 51.1 Å². The van der Waals surface area contributed by atoms with E-state index in [0.29, 0.717) is 17.7 Å². The van der Waals surface area contributed by atoms with E-state index in [9.17, 15) is 17.8 Å². The lowest BCUT2D eigenvalue weighted by Gasteiger charge is -2.19. The normalized spacial score (nSPS) is 11.9. The number of benzene rings is 2. The molecule has 0 aliphatic carbocycles. The molecule has 2 N–H and O–H groups in total. The van der Waals surface area contributed by atoms with Gasteiger partial charge in [-0.2, -0.15) is 8.42 Å². The maximum Gasteiger partial charge on any atom is 0.412 e. The Morgan fingerprint density at radius 1 is 1.15 bits per heavy atom. The molecule has 2 rings (SSSR count). The lowest BCUT2D eigenvalue weighted by Crippen LogP contribution is -2.27. The molecular weight excluding hydrogens is 354 g/mol. The van der Waals surface area contributed by atoms with Gasteiger partial charge in [-0.15, -0.1) is 0 Å². The molecule has 0 bridgehead atoms. The smallest absolute Gasteiger partial charge is 0.412 e. The first kappa shape index (κ1) is 19.9. The lowest BCUT2D eigenvalue weighted by molar-refractivity contribution is 0.0636. The van der Waals surface area contributed by atoms with E-state index in [-0.39, 0.29) is 4.90 Å². The van der Waals surface area contributed by atoms with Gasteiger partial charge in [-0.25, -0.2) is 4.79 Å². The van der Waals surface area contributed by atoms with Crippen molar-refractivity contribution >= 4 is 21.9 Å².